The van der Waals surface area contributed by atoms with Gasteiger partial charge in [-0.15, -0.1) is 12.4 Å². The van der Waals surface area contributed by atoms with E-state index in [1.807, 2.05) is 0 Å². The number of amides is 1. The van der Waals surface area contributed by atoms with Crippen molar-refractivity contribution in [3.8, 4) is 0 Å². The molecular formula is C17H28ClN3O3S. The molecule has 3 N–H and O–H groups in total. The Bertz CT molecular complexity index is 686. The Balaban J connectivity index is 0.00000312. The van der Waals surface area contributed by atoms with Gasteiger partial charge in [0.2, 0.25) is 15.9 Å². The fraction of sp³-hybridized carbons (Fsp3) is 0.588. The van der Waals surface area contributed by atoms with E-state index >= 15 is 0 Å². The fourth-order valence-corrected chi connectivity index (χ4v) is 4.19. The van der Waals surface area contributed by atoms with Crippen molar-refractivity contribution in [2.75, 3.05) is 26.0 Å². The minimum atomic E-state index is -3.52. The Kier molecular flexibility index (Phi) is 7.87. The van der Waals surface area contributed by atoms with Crippen molar-refractivity contribution in [1.82, 2.24) is 4.31 Å². The van der Waals surface area contributed by atoms with Crippen LogP contribution < -0.4 is 11.1 Å². The van der Waals surface area contributed by atoms with E-state index in [9.17, 15) is 13.2 Å². The van der Waals surface area contributed by atoms with Crippen LogP contribution in [0.4, 0.5) is 5.69 Å². The van der Waals surface area contributed by atoms with Gasteiger partial charge in [0, 0.05) is 26.2 Å². The summed E-state index contributed by atoms with van der Waals surface area (Å²) in [6.45, 7) is 0.509. The number of halogens is 1. The van der Waals surface area contributed by atoms with E-state index in [1.165, 1.54) is 32.6 Å². The number of sulfonamides is 1. The lowest BCUT2D eigenvalue weighted by atomic mass is 9.71. The minimum absolute atomic E-state index is 0. The van der Waals surface area contributed by atoms with Gasteiger partial charge in [0.15, 0.2) is 0 Å². The normalized spacial score (nSPS) is 17.0. The summed E-state index contributed by atoms with van der Waals surface area (Å²) in [5, 5.41) is 2.82. The number of benzene rings is 1. The lowest BCUT2D eigenvalue weighted by molar-refractivity contribution is -0.118. The summed E-state index contributed by atoms with van der Waals surface area (Å²) in [4.78, 5) is 12.6. The highest BCUT2D eigenvalue weighted by molar-refractivity contribution is 7.89. The number of anilines is 1. The van der Waals surface area contributed by atoms with E-state index in [0.29, 0.717) is 18.7 Å². The van der Waals surface area contributed by atoms with E-state index in [2.05, 4.69) is 5.32 Å². The first-order valence-corrected chi connectivity index (χ1v) is 9.76. The van der Waals surface area contributed by atoms with E-state index in [0.717, 1.165) is 30.0 Å². The largest absolute Gasteiger partial charge is 0.330 e. The SMILES string of the molecule is CN(C)S(=O)(=O)c1cccc(NC(=O)CC2(CN)CCCCC2)c1.Cl. The molecule has 8 heteroatoms. The molecule has 1 aliphatic carbocycles. The summed E-state index contributed by atoms with van der Waals surface area (Å²) in [6.07, 6.45) is 5.77. The van der Waals surface area contributed by atoms with Gasteiger partial charge in [0.1, 0.15) is 0 Å². The van der Waals surface area contributed by atoms with Gasteiger partial charge in [-0.25, -0.2) is 12.7 Å². The van der Waals surface area contributed by atoms with Crippen LogP contribution in [-0.4, -0.2) is 39.3 Å². The molecule has 1 saturated carbocycles. The van der Waals surface area contributed by atoms with Crippen molar-refractivity contribution in [3.05, 3.63) is 24.3 Å². The molecule has 0 bridgehead atoms. The van der Waals surface area contributed by atoms with Gasteiger partial charge >= 0.3 is 0 Å². The molecule has 142 valence electrons. The van der Waals surface area contributed by atoms with Crippen molar-refractivity contribution in [1.29, 1.82) is 0 Å². The zero-order valence-corrected chi connectivity index (χ0v) is 16.5. The molecule has 6 nitrogen and oxygen atoms in total. The number of nitrogens with zero attached hydrogens (tertiary/aromatic N) is 1. The Labute approximate surface area is 156 Å². The first kappa shape index (κ1) is 21.9. The van der Waals surface area contributed by atoms with Crippen LogP contribution in [0, 0.1) is 5.41 Å². The fourth-order valence-electron chi connectivity index (χ4n) is 3.25. The Hall–Kier alpha value is -1.15. The summed E-state index contributed by atoms with van der Waals surface area (Å²) < 4.78 is 25.5. The van der Waals surface area contributed by atoms with Crippen molar-refractivity contribution < 1.29 is 13.2 Å². The predicted octanol–water partition coefficient (Wildman–Crippen LogP) is 2.60. The van der Waals surface area contributed by atoms with Crippen LogP contribution in [-0.2, 0) is 14.8 Å². The first-order chi connectivity index (χ1) is 11.3. The third-order valence-corrected chi connectivity index (χ3v) is 6.59. The summed E-state index contributed by atoms with van der Waals surface area (Å²) in [7, 11) is -0.555. The van der Waals surface area contributed by atoms with Gasteiger partial charge in [-0.3, -0.25) is 4.79 Å². The molecule has 0 atom stereocenters. The molecule has 0 saturated heterocycles. The predicted molar refractivity (Wildman–Crippen MR) is 102 cm³/mol. The maximum absolute atomic E-state index is 12.4. The zero-order valence-electron chi connectivity index (χ0n) is 14.8. The third-order valence-electron chi connectivity index (χ3n) is 4.78. The molecule has 1 fully saturated rings. The highest BCUT2D eigenvalue weighted by atomic mass is 35.5. The second kappa shape index (κ2) is 8.98. The molecule has 2 rings (SSSR count). The number of carbonyl (C=O) groups is 1. The Morgan fingerprint density at radius 2 is 1.88 bits per heavy atom. The number of nitrogens with two attached hydrogens (primary N) is 1. The maximum atomic E-state index is 12.4. The summed E-state index contributed by atoms with van der Waals surface area (Å²) in [5.74, 6) is -0.109. The van der Waals surface area contributed by atoms with Crippen molar-refractivity contribution >= 4 is 34.0 Å². The van der Waals surface area contributed by atoms with Crippen molar-refractivity contribution in [2.24, 2.45) is 11.1 Å². The van der Waals surface area contributed by atoms with E-state index < -0.39 is 10.0 Å². The number of hydrogen-bond acceptors (Lipinski definition) is 4. The monoisotopic (exact) mass is 389 g/mol. The van der Waals surface area contributed by atoms with Gasteiger partial charge in [-0.1, -0.05) is 25.3 Å². The summed E-state index contributed by atoms with van der Waals surface area (Å²) in [5.41, 5.74) is 6.31. The molecule has 1 aromatic rings. The lowest BCUT2D eigenvalue weighted by Gasteiger charge is -2.35. The number of rotatable bonds is 6. The average Bonchev–Trinajstić information content (AvgIpc) is 2.55. The number of hydrogen-bond donors (Lipinski definition) is 2. The number of nitrogens with one attached hydrogen (secondary N) is 1. The van der Waals surface area contributed by atoms with Crippen LogP contribution in [0.15, 0.2) is 29.2 Å². The van der Waals surface area contributed by atoms with E-state index in [-0.39, 0.29) is 28.6 Å². The maximum Gasteiger partial charge on any atom is 0.242 e. The van der Waals surface area contributed by atoms with Gasteiger partial charge in [0.25, 0.3) is 0 Å². The third kappa shape index (κ3) is 5.41. The molecule has 25 heavy (non-hydrogen) atoms. The van der Waals surface area contributed by atoms with E-state index in [4.69, 9.17) is 5.73 Å². The van der Waals surface area contributed by atoms with Gasteiger partial charge < -0.3 is 11.1 Å². The lowest BCUT2D eigenvalue weighted by Crippen LogP contribution is -2.36. The minimum Gasteiger partial charge on any atom is -0.330 e. The second-order valence-corrected chi connectivity index (χ2v) is 8.96. The Morgan fingerprint density at radius 1 is 1.24 bits per heavy atom. The smallest absolute Gasteiger partial charge is 0.242 e. The summed E-state index contributed by atoms with van der Waals surface area (Å²) in [6, 6.07) is 6.34. The van der Waals surface area contributed by atoms with Gasteiger partial charge in [-0.05, 0) is 43.0 Å². The molecule has 0 unspecified atom stereocenters. The first-order valence-electron chi connectivity index (χ1n) is 8.32. The van der Waals surface area contributed by atoms with Crippen LogP contribution in [0.5, 0.6) is 0 Å². The van der Waals surface area contributed by atoms with E-state index in [1.54, 1.807) is 12.1 Å². The molecule has 0 aromatic heterocycles. The molecule has 1 aromatic carbocycles. The molecule has 1 amide bonds. The van der Waals surface area contributed by atoms with Crippen LogP contribution in [0.2, 0.25) is 0 Å². The topological polar surface area (TPSA) is 92.5 Å². The molecule has 0 spiro atoms. The van der Waals surface area contributed by atoms with Crippen LogP contribution >= 0.6 is 12.4 Å². The van der Waals surface area contributed by atoms with Crippen molar-refractivity contribution in [3.63, 3.8) is 0 Å². The molecule has 1 aliphatic rings. The Morgan fingerprint density at radius 3 is 2.44 bits per heavy atom. The van der Waals surface area contributed by atoms with Crippen molar-refractivity contribution in [2.45, 2.75) is 43.4 Å². The second-order valence-electron chi connectivity index (χ2n) is 6.80. The van der Waals surface area contributed by atoms with Gasteiger partial charge in [-0.2, -0.15) is 0 Å². The van der Waals surface area contributed by atoms with Crippen LogP contribution in [0.1, 0.15) is 38.5 Å². The average molecular weight is 390 g/mol. The standard InChI is InChI=1S/C17H27N3O3S.ClH/c1-20(2)24(22,23)15-8-6-7-14(11-15)19-16(21)12-17(13-18)9-4-3-5-10-17;/h6-8,11H,3-5,9-10,12-13,18H2,1-2H3,(H,19,21);1H. The molecule has 0 heterocycles. The molecule has 0 radical (unpaired) electrons. The van der Waals surface area contributed by atoms with Crippen LogP contribution in [0.25, 0.3) is 0 Å². The highest BCUT2D eigenvalue weighted by Gasteiger charge is 2.33. The highest BCUT2D eigenvalue weighted by Crippen LogP contribution is 2.38. The van der Waals surface area contributed by atoms with Crippen LogP contribution in [0.3, 0.4) is 0 Å². The zero-order chi connectivity index (χ0) is 17.8. The quantitative estimate of drug-likeness (QED) is 0.782. The number of carbonyl (C=O) groups excluding carboxylic acids is 1. The molecular weight excluding hydrogens is 362 g/mol. The molecule has 0 aliphatic heterocycles. The summed E-state index contributed by atoms with van der Waals surface area (Å²) >= 11 is 0. The van der Waals surface area contributed by atoms with Gasteiger partial charge in [0.05, 0.1) is 4.90 Å².